The lowest BCUT2D eigenvalue weighted by Gasteiger charge is -2.37. The van der Waals surface area contributed by atoms with Crippen molar-refractivity contribution in [3.8, 4) is 16.9 Å². The Kier molecular flexibility index (Phi) is 7.38. The summed E-state index contributed by atoms with van der Waals surface area (Å²) in [5, 5.41) is 13.8. The fourth-order valence-corrected chi connectivity index (χ4v) is 5.89. The van der Waals surface area contributed by atoms with Crippen molar-refractivity contribution in [2.45, 2.75) is 25.0 Å². The second kappa shape index (κ2) is 11.0. The third-order valence-corrected chi connectivity index (χ3v) is 8.41. The Labute approximate surface area is 249 Å². The molecule has 2 aliphatic heterocycles. The molecule has 2 aliphatic rings. The van der Waals surface area contributed by atoms with Gasteiger partial charge in [-0.25, -0.2) is 23.1 Å². The van der Waals surface area contributed by atoms with Crippen LogP contribution < -0.4 is 4.90 Å². The molecular formula is C30H24Cl2F2N4O4. The van der Waals surface area contributed by atoms with Crippen molar-refractivity contribution in [2.75, 3.05) is 24.5 Å². The van der Waals surface area contributed by atoms with Gasteiger partial charge in [-0.1, -0.05) is 41.4 Å². The van der Waals surface area contributed by atoms with E-state index in [1.165, 1.54) is 27.8 Å². The SMILES string of the molecule is O=C(O)c1ccc(N2CC3(CCN(Cc4c(-c5cc(Cl)c(F)cc5F)nn(-c5ccccc5)c4Cl)CC3)OC2=O)cc1. The number of aromatic carboxylic acids is 1. The van der Waals surface area contributed by atoms with E-state index in [0.29, 0.717) is 61.1 Å². The van der Waals surface area contributed by atoms with Crippen LogP contribution in [0.1, 0.15) is 28.8 Å². The average Bonchev–Trinajstić information content (AvgIpc) is 3.48. The first-order valence-electron chi connectivity index (χ1n) is 13.2. The molecule has 2 fully saturated rings. The van der Waals surface area contributed by atoms with Gasteiger partial charge >= 0.3 is 12.1 Å². The van der Waals surface area contributed by atoms with Crippen LogP contribution in [0.3, 0.4) is 0 Å². The highest BCUT2D eigenvalue weighted by molar-refractivity contribution is 6.31. The highest BCUT2D eigenvalue weighted by Crippen LogP contribution is 2.39. The third-order valence-electron chi connectivity index (χ3n) is 7.73. The number of rotatable bonds is 6. The number of halogens is 4. The predicted octanol–water partition coefficient (Wildman–Crippen LogP) is 6.81. The van der Waals surface area contributed by atoms with Gasteiger partial charge in [0.05, 0.1) is 22.8 Å². The minimum Gasteiger partial charge on any atom is -0.478 e. The summed E-state index contributed by atoms with van der Waals surface area (Å²) in [6, 6.07) is 17.2. The molecule has 42 heavy (non-hydrogen) atoms. The number of ether oxygens (including phenoxy) is 1. The lowest BCUT2D eigenvalue weighted by Crippen LogP contribution is -2.46. The van der Waals surface area contributed by atoms with Gasteiger partial charge in [0.1, 0.15) is 28.1 Å². The minimum absolute atomic E-state index is 0.0377. The van der Waals surface area contributed by atoms with Crippen LogP contribution in [0.2, 0.25) is 10.2 Å². The largest absolute Gasteiger partial charge is 0.478 e. The number of carboxylic acid groups (broad SMARTS) is 1. The van der Waals surface area contributed by atoms with E-state index in [4.69, 9.17) is 33.0 Å². The zero-order chi connectivity index (χ0) is 29.6. The van der Waals surface area contributed by atoms with Crippen molar-refractivity contribution in [2.24, 2.45) is 0 Å². The summed E-state index contributed by atoms with van der Waals surface area (Å²) in [5.41, 5.74) is 1.52. The molecule has 1 spiro atoms. The van der Waals surface area contributed by atoms with Gasteiger partial charge in [-0.15, -0.1) is 0 Å². The monoisotopic (exact) mass is 612 g/mol. The maximum Gasteiger partial charge on any atom is 0.415 e. The number of para-hydroxylation sites is 1. The molecule has 0 radical (unpaired) electrons. The van der Waals surface area contributed by atoms with Crippen LogP contribution in [0.5, 0.6) is 0 Å². The van der Waals surface area contributed by atoms with Gasteiger partial charge in [-0.3, -0.25) is 9.80 Å². The number of carbonyl (C=O) groups excluding carboxylic acids is 1. The fraction of sp³-hybridized carbons (Fsp3) is 0.233. The van der Waals surface area contributed by atoms with Gasteiger partial charge in [0.25, 0.3) is 0 Å². The van der Waals surface area contributed by atoms with Crippen LogP contribution in [-0.4, -0.2) is 57.1 Å². The van der Waals surface area contributed by atoms with E-state index >= 15 is 4.39 Å². The van der Waals surface area contributed by atoms with E-state index in [1.54, 1.807) is 12.1 Å². The van der Waals surface area contributed by atoms with Crippen LogP contribution in [0.15, 0.2) is 66.7 Å². The van der Waals surface area contributed by atoms with Crippen molar-refractivity contribution in [1.29, 1.82) is 0 Å². The molecule has 2 saturated heterocycles. The number of piperidine rings is 1. The van der Waals surface area contributed by atoms with Crippen LogP contribution in [0, 0.1) is 11.6 Å². The Balaban J connectivity index is 1.23. The Bertz CT molecular complexity index is 1670. The van der Waals surface area contributed by atoms with Gasteiger partial charge < -0.3 is 9.84 Å². The number of anilines is 1. The Morgan fingerprint density at radius 2 is 1.67 bits per heavy atom. The number of aromatic nitrogens is 2. The van der Waals surface area contributed by atoms with Crippen molar-refractivity contribution in [3.63, 3.8) is 0 Å². The van der Waals surface area contributed by atoms with E-state index in [2.05, 4.69) is 10.00 Å². The van der Waals surface area contributed by atoms with Crippen molar-refractivity contribution >= 4 is 41.0 Å². The summed E-state index contributed by atoms with van der Waals surface area (Å²) >= 11 is 12.9. The van der Waals surface area contributed by atoms with Gasteiger partial charge in [-0.05, 0) is 42.5 Å². The molecular weight excluding hydrogens is 589 g/mol. The van der Waals surface area contributed by atoms with E-state index < -0.39 is 29.3 Å². The highest BCUT2D eigenvalue weighted by atomic mass is 35.5. The smallest absolute Gasteiger partial charge is 0.415 e. The molecule has 0 unspecified atom stereocenters. The number of amides is 1. The molecule has 12 heteroatoms. The first-order valence-corrected chi connectivity index (χ1v) is 13.9. The zero-order valence-electron chi connectivity index (χ0n) is 22.1. The fourth-order valence-electron chi connectivity index (χ4n) is 5.44. The van der Waals surface area contributed by atoms with Crippen molar-refractivity contribution < 1.29 is 28.2 Å². The number of hydrogen-bond acceptors (Lipinski definition) is 5. The molecule has 0 aliphatic carbocycles. The first-order chi connectivity index (χ1) is 20.1. The second-order valence-corrected chi connectivity index (χ2v) is 11.1. The van der Waals surface area contributed by atoms with Gasteiger partial charge in [0.2, 0.25) is 0 Å². The minimum atomic E-state index is -1.04. The van der Waals surface area contributed by atoms with E-state index in [0.717, 1.165) is 6.07 Å². The zero-order valence-corrected chi connectivity index (χ0v) is 23.6. The van der Waals surface area contributed by atoms with Gasteiger partial charge in [0.15, 0.2) is 0 Å². The highest BCUT2D eigenvalue weighted by Gasteiger charge is 2.47. The lowest BCUT2D eigenvalue weighted by molar-refractivity contribution is -0.000935. The van der Waals surface area contributed by atoms with Crippen LogP contribution in [0.4, 0.5) is 19.3 Å². The average molecular weight is 613 g/mol. The number of nitrogens with zero attached hydrogens (tertiary/aromatic N) is 4. The molecule has 0 bridgehead atoms. The molecule has 6 rings (SSSR count). The first kappa shape index (κ1) is 28.1. The summed E-state index contributed by atoms with van der Waals surface area (Å²) in [5.74, 6) is -2.72. The standard InChI is InChI=1S/C30H24Cl2F2N4O4/c31-23-14-21(24(33)15-25(23)34)26-22(27(32)38(35-26)20-4-2-1-3-5-20)16-36-12-10-30(11-13-36)17-37(29(41)42-30)19-8-6-18(7-9-19)28(39)40/h1-9,14-15H,10-13,16-17H2,(H,39,40). The molecule has 3 aromatic carbocycles. The second-order valence-electron chi connectivity index (χ2n) is 10.4. The summed E-state index contributed by atoms with van der Waals surface area (Å²) in [7, 11) is 0. The van der Waals surface area contributed by atoms with Crippen molar-refractivity contribution in [3.05, 3.63) is 99.7 Å². The Morgan fingerprint density at radius 1 is 0.976 bits per heavy atom. The maximum atomic E-state index is 15.0. The van der Waals surface area contributed by atoms with E-state index in [-0.39, 0.29) is 21.8 Å². The molecule has 3 heterocycles. The molecule has 216 valence electrons. The van der Waals surface area contributed by atoms with Gasteiger partial charge in [-0.2, -0.15) is 5.10 Å². The molecule has 1 aromatic heterocycles. The number of hydrogen-bond donors (Lipinski definition) is 1. The summed E-state index contributed by atoms with van der Waals surface area (Å²) < 4.78 is 36.3. The molecule has 8 nitrogen and oxygen atoms in total. The number of carbonyl (C=O) groups is 2. The lowest BCUT2D eigenvalue weighted by atomic mass is 9.91. The molecule has 1 amide bonds. The topological polar surface area (TPSA) is 87.9 Å². The van der Waals surface area contributed by atoms with Crippen LogP contribution in [-0.2, 0) is 11.3 Å². The predicted molar refractivity (Wildman–Crippen MR) is 153 cm³/mol. The molecule has 0 saturated carbocycles. The van der Waals surface area contributed by atoms with E-state index in [9.17, 15) is 14.0 Å². The molecule has 4 aromatic rings. The van der Waals surface area contributed by atoms with Crippen molar-refractivity contribution in [1.82, 2.24) is 14.7 Å². The Morgan fingerprint density at radius 3 is 2.33 bits per heavy atom. The van der Waals surface area contributed by atoms with E-state index in [1.807, 2.05) is 30.3 Å². The molecule has 0 atom stereocenters. The normalized spacial score (nSPS) is 16.7. The summed E-state index contributed by atoms with van der Waals surface area (Å²) in [4.78, 5) is 27.6. The molecule has 1 N–H and O–H groups in total. The maximum absolute atomic E-state index is 15.0. The summed E-state index contributed by atoms with van der Waals surface area (Å²) in [6.07, 6.45) is 0.599. The van der Waals surface area contributed by atoms with Gasteiger partial charge in [0, 0.05) is 55.4 Å². The number of benzene rings is 3. The van der Waals surface area contributed by atoms with Crippen LogP contribution >= 0.6 is 23.2 Å². The number of carboxylic acids is 1. The summed E-state index contributed by atoms with van der Waals surface area (Å²) in [6.45, 7) is 1.76. The van der Waals surface area contributed by atoms with Crippen LogP contribution in [0.25, 0.3) is 16.9 Å². The Hall–Kier alpha value is -3.99. The number of likely N-dealkylation sites (tertiary alicyclic amines) is 1. The quantitative estimate of drug-likeness (QED) is 0.241. The third kappa shape index (κ3) is 5.21.